The first-order valence-corrected chi connectivity index (χ1v) is 8.29. The summed E-state index contributed by atoms with van der Waals surface area (Å²) in [6.45, 7) is 0.00481. The number of aromatic nitrogens is 1. The van der Waals surface area contributed by atoms with Gasteiger partial charge in [-0.25, -0.2) is 8.78 Å². The van der Waals surface area contributed by atoms with E-state index in [4.69, 9.17) is 5.73 Å². The van der Waals surface area contributed by atoms with E-state index in [0.717, 1.165) is 6.07 Å². The predicted molar refractivity (Wildman–Crippen MR) is 98.2 cm³/mol. The molecular weight excluding hydrogens is 350 g/mol. The summed E-state index contributed by atoms with van der Waals surface area (Å²) in [6.07, 6.45) is 0. The van der Waals surface area contributed by atoms with Crippen LogP contribution in [-0.4, -0.2) is 15.6 Å². The number of hydrogen-bond acceptors (Lipinski definition) is 2. The van der Waals surface area contributed by atoms with Crippen LogP contribution in [0, 0.1) is 17.7 Å². The smallest absolute Gasteiger partial charge is 0.249 e. The largest absolute Gasteiger partial charge is 0.392 e. The molecule has 3 N–H and O–H groups in total. The summed E-state index contributed by atoms with van der Waals surface area (Å²) in [5, 5.41) is 10.8. The molecule has 0 bridgehead atoms. The highest BCUT2D eigenvalue weighted by molar-refractivity contribution is 6.17. The van der Waals surface area contributed by atoms with E-state index in [0.29, 0.717) is 38.5 Å². The molecule has 0 fully saturated rings. The highest BCUT2D eigenvalue weighted by Gasteiger charge is 2.17. The molecule has 0 aliphatic carbocycles. The Morgan fingerprint density at radius 2 is 1.81 bits per heavy atom. The summed E-state index contributed by atoms with van der Waals surface area (Å²) in [7, 11) is 0. The van der Waals surface area contributed by atoms with Gasteiger partial charge in [-0.15, -0.1) is 0 Å². The minimum atomic E-state index is -0.661. The number of aliphatic hydroxyl groups is 1. The maximum absolute atomic E-state index is 13.6. The maximum atomic E-state index is 13.6. The fraction of sp³-hybridized carbons (Fsp3) is 0.0952. The van der Waals surface area contributed by atoms with Gasteiger partial charge in [0.25, 0.3) is 0 Å². The molecule has 0 aliphatic heterocycles. The minimum absolute atomic E-state index is 0.175. The first-order chi connectivity index (χ1) is 13.0. The zero-order chi connectivity index (χ0) is 19.1. The van der Waals surface area contributed by atoms with Crippen LogP contribution in [0.1, 0.15) is 21.5 Å². The second-order valence-electron chi connectivity index (χ2n) is 6.35. The Bertz CT molecular complexity index is 1180. The minimum Gasteiger partial charge on any atom is -0.392 e. The lowest BCUT2D eigenvalue weighted by Gasteiger charge is -2.09. The van der Waals surface area contributed by atoms with Gasteiger partial charge in [0.05, 0.1) is 17.6 Å². The molecule has 135 valence electrons. The Labute approximate surface area is 153 Å². The summed E-state index contributed by atoms with van der Waals surface area (Å²) < 4.78 is 29.1. The van der Waals surface area contributed by atoms with E-state index >= 15 is 0 Å². The lowest BCUT2D eigenvalue weighted by Crippen LogP contribution is -2.11. The summed E-state index contributed by atoms with van der Waals surface area (Å²) in [5.74, 6) is -1.89. The van der Waals surface area contributed by atoms with Gasteiger partial charge in [-0.3, -0.25) is 4.79 Å². The van der Waals surface area contributed by atoms with E-state index in [1.54, 1.807) is 24.3 Å². The third-order valence-corrected chi connectivity index (χ3v) is 4.57. The average Bonchev–Trinajstić information content (AvgIpc) is 2.94. The first-order valence-electron chi connectivity index (χ1n) is 8.29. The Morgan fingerprint density at radius 1 is 1.07 bits per heavy atom. The molecule has 1 radical (unpaired) electrons. The molecule has 0 unspecified atom stereocenters. The van der Waals surface area contributed by atoms with E-state index < -0.39 is 17.5 Å². The molecular formula is C21H15F2N2O2. The molecule has 4 nitrogen and oxygen atoms in total. The molecule has 1 heterocycles. The monoisotopic (exact) mass is 365 g/mol. The Kier molecular flexibility index (Phi) is 4.12. The van der Waals surface area contributed by atoms with E-state index in [1.165, 1.54) is 12.1 Å². The van der Waals surface area contributed by atoms with Crippen molar-refractivity contribution >= 4 is 27.7 Å². The van der Waals surface area contributed by atoms with Crippen LogP contribution in [0.15, 0.2) is 48.5 Å². The molecule has 3 aromatic carbocycles. The topological polar surface area (TPSA) is 68.2 Å². The van der Waals surface area contributed by atoms with Crippen molar-refractivity contribution in [3.8, 4) is 0 Å². The highest BCUT2D eigenvalue weighted by Crippen LogP contribution is 2.32. The first kappa shape index (κ1) is 17.2. The molecule has 0 saturated heterocycles. The van der Waals surface area contributed by atoms with Crippen LogP contribution >= 0.6 is 0 Å². The molecule has 1 amide bonds. The molecule has 0 spiro atoms. The van der Waals surface area contributed by atoms with Crippen molar-refractivity contribution in [2.24, 2.45) is 5.73 Å². The number of nitrogens with zero attached hydrogens (tertiary/aromatic N) is 1. The van der Waals surface area contributed by atoms with Crippen LogP contribution in [0.4, 0.5) is 8.78 Å². The summed E-state index contributed by atoms with van der Waals surface area (Å²) in [5.41, 5.74) is 8.32. The highest BCUT2D eigenvalue weighted by atomic mass is 19.1. The number of carbonyl (C=O) groups is 1. The van der Waals surface area contributed by atoms with Gasteiger partial charge in [0.15, 0.2) is 0 Å². The van der Waals surface area contributed by atoms with Crippen molar-refractivity contribution in [3.05, 3.63) is 82.9 Å². The molecule has 6 heteroatoms. The number of primary amides is 1. The van der Waals surface area contributed by atoms with Gasteiger partial charge >= 0.3 is 0 Å². The van der Waals surface area contributed by atoms with Crippen LogP contribution < -0.4 is 5.73 Å². The SMILES string of the molecule is NC(=O)c1cccc2c1c1[c]cc(CO)cc1n2Cc1cc(F)cc(F)c1. The van der Waals surface area contributed by atoms with Crippen molar-refractivity contribution in [2.45, 2.75) is 13.2 Å². The number of rotatable bonds is 4. The Morgan fingerprint density at radius 3 is 2.48 bits per heavy atom. The number of benzene rings is 3. The van der Waals surface area contributed by atoms with E-state index in [-0.39, 0.29) is 13.2 Å². The summed E-state index contributed by atoms with van der Waals surface area (Å²) in [4.78, 5) is 11.9. The predicted octanol–water partition coefficient (Wildman–Crippen LogP) is 3.51. The van der Waals surface area contributed by atoms with Gasteiger partial charge in [-0.2, -0.15) is 0 Å². The lowest BCUT2D eigenvalue weighted by atomic mass is 10.0. The zero-order valence-corrected chi connectivity index (χ0v) is 14.2. The van der Waals surface area contributed by atoms with Crippen molar-refractivity contribution in [2.75, 3.05) is 0 Å². The van der Waals surface area contributed by atoms with E-state index in [2.05, 4.69) is 6.07 Å². The van der Waals surface area contributed by atoms with Crippen LogP contribution in [0.5, 0.6) is 0 Å². The molecule has 0 atom stereocenters. The van der Waals surface area contributed by atoms with Crippen LogP contribution in [-0.2, 0) is 13.2 Å². The lowest BCUT2D eigenvalue weighted by molar-refractivity contribution is 0.100. The van der Waals surface area contributed by atoms with Gasteiger partial charge < -0.3 is 15.4 Å². The number of nitrogens with two attached hydrogens (primary N) is 1. The number of fused-ring (bicyclic) bond motifs is 3. The second-order valence-corrected chi connectivity index (χ2v) is 6.35. The second kappa shape index (κ2) is 6.48. The zero-order valence-electron chi connectivity index (χ0n) is 14.2. The molecule has 0 aliphatic rings. The molecule has 4 aromatic rings. The van der Waals surface area contributed by atoms with Crippen molar-refractivity contribution in [1.29, 1.82) is 0 Å². The number of amides is 1. The quantitative estimate of drug-likeness (QED) is 0.581. The van der Waals surface area contributed by atoms with Crippen LogP contribution in [0.3, 0.4) is 0 Å². The van der Waals surface area contributed by atoms with Gasteiger partial charge in [-0.05, 0) is 53.6 Å². The van der Waals surface area contributed by atoms with E-state index in [9.17, 15) is 18.7 Å². The number of halogens is 2. The summed E-state index contributed by atoms with van der Waals surface area (Å²) >= 11 is 0. The third kappa shape index (κ3) is 2.94. The van der Waals surface area contributed by atoms with E-state index in [1.807, 2.05) is 10.6 Å². The maximum Gasteiger partial charge on any atom is 0.249 e. The number of hydrogen-bond donors (Lipinski definition) is 2. The summed E-state index contributed by atoms with van der Waals surface area (Å²) in [6, 6.07) is 15.0. The molecule has 27 heavy (non-hydrogen) atoms. The third-order valence-electron chi connectivity index (χ3n) is 4.57. The fourth-order valence-corrected chi connectivity index (χ4v) is 3.45. The van der Waals surface area contributed by atoms with Crippen molar-refractivity contribution in [1.82, 2.24) is 4.57 Å². The number of carbonyl (C=O) groups excluding carboxylic acids is 1. The molecule has 0 saturated carbocycles. The van der Waals surface area contributed by atoms with Crippen molar-refractivity contribution in [3.63, 3.8) is 0 Å². The van der Waals surface area contributed by atoms with Gasteiger partial charge in [0.2, 0.25) is 5.91 Å². The van der Waals surface area contributed by atoms with Gasteiger partial charge in [-0.1, -0.05) is 6.07 Å². The molecule has 4 rings (SSSR count). The number of aliphatic hydroxyl groups excluding tert-OH is 1. The van der Waals surface area contributed by atoms with Gasteiger partial charge in [0.1, 0.15) is 11.6 Å². The normalized spacial score (nSPS) is 11.4. The molecule has 1 aromatic heterocycles. The Hall–Kier alpha value is -3.25. The van der Waals surface area contributed by atoms with Crippen LogP contribution in [0.25, 0.3) is 21.8 Å². The van der Waals surface area contributed by atoms with Crippen LogP contribution in [0.2, 0.25) is 0 Å². The fourth-order valence-electron chi connectivity index (χ4n) is 3.45. The van der Waals surface area contributed by atoms with Crippen molar-refractivity contribution < 1.29 is 18.7 Å². The standard InChI is InChI=1S/C21H15F2N2O2/c22-14-6-13(7-15(23)9-14)10-25-18-3-1-2-17(21(24)27)20(18)16-5-4-12(11-26)8-19(16)25/h1-4,6-9,26H,10-11H2,(H2,24,27). The van der Waals surface area contributed by atoms with Gasteiger partial charge in [0, 0.05) is 28.9 Å². The Balaban J connectivity index is 2.04. The average molecular weight is 365 g/mol.